The van der Waals surface area contributed by atoms with Gasteiger partial charge in [-0.3, -0.25) is 14.4 Å². The Bertz CT molecular complexity index is 804. The number of anilines is 1. The molecule has 0 radical (unpaired) electrons. The quantitative estimate of drug-likeness (QED) is 0.569. The molecule has 0 aromatic carbocycles. The number of ether oxygens (including phenoxy) is 1. The Hall–Kier alpha value is -2.42. The second kappa shape index (κ2) is 8.72. The van der Waals surface area contributed by atoms with Gasteiger partial charge in [0.1, 0.15) is 11.5 Å². The molecule has 1 aliphatic carbocycles. The summed E-state index contributed by atoms with van der Waals surface area (Å²) in [4.78, 5) is 53.0. The molecule has 1 aromatic rings. The summed E-state index contributed by atoms with van der Waals surface area (Å²) in [5.74, 6) is -2.10. The third-order valence-electron chi connectivity index (χ3n) is 5.02. The number of thiophene rings is 1. The van der Waals surface area contributed by atoms with Crippen molar-refractivity contribution in [2.24, 2.45) is 0 Å². The lowest BCUT2D eigenvalue weighted by molar-refractivity contribution is -0.156. The topological polar surface area (TPSA) is 96.0 Å². The van der Waals surface area contributed by atoms with Crippen LogP contribution in [0.2, 0.25) is 0 Å². The molecule has 152 valence electrons. The predicted octanol–water partition coefficient (Wildman–Crippen LogP) is 1.43. The van der Waals surface area contributed by atoms with Gasteiger partial charge in [-0.05, 0) is 45.1 Å². The highest BCUT2D eigenvalue weighted by Gasteiger charge is 2.33. The Morgan fingerprint density at radius 2 is 1.75 bits per heavy atom. The summed E-state index contributed by atoms with van der Waals surface area (Å²) in [6, 6.07) is 0. The molecule has 28 heavy (non-hydrogen) atoms. The largest absolute Gasteiger partial charge is 0.462 e. The van der Waals surface area contributed by atoms with Crippen LogP contribution in [0.4, 0.5) is 5.00 Å². The first-order valence-electron chi connectivity index (χ1n) is 9.65. The van der Waals surface area contributed by atoms with Gasteiger partial charge in [-0.15, -0.1) is 11.3 Å². The number of hydrogen-bond donors (Lipinski definition) is 1. The summed E-state index contributed by atoms with van der Waals surface area (Å²) in [6.45, 7) is 4.79. The monoisotopic (exact) mass is 407 g/mol. The number of piperazine rings is 1. The molecule has 1 aliphatic heterocycles. The van der Waals surface area contributed by atoms with Crippen molar-refractivity contribution in [1.29, 1.82) is 0 Å². The number of carbonyl (C=O) groups excluding carboxylic acids is 4. The van der Waals surface area contributed by atoms with Crippen LogP contribution in [0, 0.1) is 0 Å². The van der Waals surface area contributed by atoms with E-state index in [0.29, 0.717) is 30.2 Å². The summed E-state index contributed by atoms with van der Waals surface area (Å²) >= 11 is 1.40. The van der Waals surface area contributed by atoms with Crippen LogP contribution in [0.5, 0.6) is 0 Å². The number of likely N-dealkylation sites (N-methyl/N-ethyl adjacent to an activating group) is 1. The van der Waals surface area contributed by atoms with E-state index in [9.17, 15) is 19.2 Å². The van der Waals surface area contributed by atoms with Gasteiger partial charge >= 0.3 is 17.8 Å². The molecule has 9 heteroatoms. The Labute approximate surface area is 167 Å². The molecule has 0 saturated carbocycles. The number of esters is 1. The fourth-order valence-corrected chi connectivity index (χ4v) is 4.87. The van der Waals surface area contributed by atoms with Crippen molar-refractivity contribution < 1.29 is 23.9 Å². The molecule has 0 spiro atoms. The Balaban J connectivity index is 1.73. The molecule has 1 aromatic heterocycles. The minimum Gasteiger partial charge on any atom is -0.462 e. The van der Waals surface area contributed by atoms with Crippen LogP contribution in [-0.4, -0.2) is 66.3 Å². The maximum atomic E-state index is 12.6. The average Bonchev–Trinajstić information content (AvgIpc) is 3.03. The minimum absolute atomic E-state index is 0.215. The first-order valence-corrected chi connectivity index (χ1v) is 10.5. The van der Waals surface area contributed by atoms with E-state index in [1.165, 1.54) is 21.1 Å². The van der Waals surface area contributed by atoms with Gasteiger partial charge in [0.25, 0.3) is 0 Å². The van der Waals surface area contributed by atoms with Crippen LogP contribution in [-0.2, 0) is 32.0 Å². The van der Waals surface area contributed by atoms with Gasteiger partial charge in [-0.1, -0.05) is 0 Å². The van der Waals surface area contributed by atoms with Crippen molar-refractivity contribution in [2.45, 2.75) is 39.5 Å². The molecule has 0 atom stereocenters. The lowest BCUT2D eigenvalue weighted by Gasteiger charge is -2.32. The maximum Gasteiger partial charge on any atom is 0.341 e. The van der Waals surface area contributed by atoms with E-state index in [1.54, 1.807) is 6.92 Å². The Morgan fingerprint density at radius 3 is 2.46 bits per heavy atom. The highest BCUT2D eigenvalue weighted by Crippen LogP contribution is 2.38. The number of hydrogen-bond acceptors (Lipinski definition) is 6. The minimum atomic E-state index is -0.667. The normalized spacial score (nSPS) is 16.8. The Kier molecular flexibility index (Phi) is 6.33. The molecule has 2 heterocycles. The average molecular weight is 407 g/mol. The molecule has 0 unspecified atom stereocenters. The lowest BCUT2D eigenvalue weighted by atomic mass is 9.95. The number of nitrogens with one attached hydrogen (secondary N) is 1. The van der Waals surface area contributed by atoms with Crippen molar-refractivity contribution in [3.05, 3.63) is 16.0 Å². The van der Waals surface area contributed by atoms with Crippen LogP contribution in [0.25, 0.3) is 0 Å². The lowest BCUT2D eigenvalue weighted by Crippen LogP contribution is -2.55. The van der Waals surface area contributed by atoms with E-state index in [0.717, 1.165) is 36.1 Å². The first kappa shape index (κ1) is 20.3. The molecule has 3 rings (SSSR count). The first-order chi connectivity index (χ1) is 13.5. The molecule has 3 amide bonds. The standard InChI is InChI=1S/C19H25N3O5S/c1-3-21-9-10-22(18(25)17(21)24)11-14(23)20-16-15(19(26)27-4-2)12-7-5-6-8-13(12)28-16/h3-11H2,1-2H3,(H,20,23). The van der Waals surface area contributed by atoms with E-state index >= 15 is 0 Å². The fourth-order valence-electron chi connectivity index (χ4n) is 3.58. The summed E-state index contributed by atoms with van der Waals surface area (Å²) in [5.41, 5.74) is 1.40. The van der Waals surface area contributed by atoms with Gasteiger partial charge in [-0.25, -0.2) is 4.79 Å². The van der Waals surface area contributed by atoms with Crippen molar-refractivity contribution in [2.75, 3.05) is 38.1 Å². The van der Waals surface area contributed by atoms with Gasteiger partial charge in [0, 0.05) is 24.5 Å². The van der Waals surface area contributed by atoms with Crippen molar-refractivity contribution in [3.63, 3.8) is 0 Å². The fraction of sp³-hybridized carbons (Fsp3) is 0.579. The van der Waals surface area contributed by atoms with Crippen molar-refractivity contribution in [3.8, 4) is 0 Å². The Morgan fingerprint density at radius 1 is 1.07 bits per heavy atom. The van der Waals surface area contributed by atoms with Crippen LogP contribution < -0.4 is 5.32 Å². The summed E-state index contributed by atoms with van der Waals surface area (Å²) in [7, 11) is 0. The molecule has 1 N–H and O–H groups in total. The van der Waals surface area contributed by atoms with Crippen molar-refractivity contribution >= 4 is 40.0 Å². The summed E-state index contributed by atoms with van der Waals surface area (Å²) in [5, 5.41) is 3.25. The number of rotatable bonds is 6. The number of carbonyl (C=O) groups is 4. The van der Waals surface area contributed by atoms with Crippen LogP contribution in [0.15, 0.2) is 0 Å². The highest BCUT2D eigenvalue weighted by atomic mass is 32.1. The maximum absolute atomic E-state index is 12.6. The summed E-state index contributed by atoms with van der Waals surface area (Å²) < 4.78 is 5.18. The van der Waals surface area contributed by atoms with Gasteiger partial charge in [0.05, 0.1) is 12.2 Å². The zero-order valence-electron chi connectivity index (χ0n) is 16.2. The van der Waals surface area contributed by atoms with Crippen molar-refractivity contribution in [1.82, 2.24) is 9.80 Å². The van der Waals surface area contributed by atoms with Gasteiger partial charge in [0.15, 0.2) is 0 Å². The van der Waals surface area contributed by atoms with Gasteiger partial charge in [-0.2, -0.15) is 0 Å². The molecule has 2 aliphatic rings. The highest BCUT2D eigenvalue weighted by molar-refractivity contribution is 7.17. The third kappa shape index (κ3) is 4.04. The molecule has 8 nitrogen and oxygen atoms in total. The smallest absolute Gasteiger partial charge is 0.341 e. The second-order valence-corrected chi connectivity index (χ2v) is 7.90. The molecular weight excluding hydrogens is 382 g/mol. The SMILES string of the molecule is CCOC(=O)c1c(NC(=O)CN2CCN(CC)C(=O)C2=O)sc2c1CCCC2. The zero-order chi connectivity index (χ0) is 20.3. The molecule has 1 fully saturated rings. The molecular formula is C19H25N3O5S. The van der Waals surface area contributed by atoms with E-state index in [4.69, 9.17) is 4.74 Å². The van der Waals surface area contributed by atoms with E-state index < -0.39 is 23.7 Å². The van der Waals surface area contributed by atoms with Gasteiger partial charge in [0.2, 0.25) is 5.91 Å². The molecule has 1 saturated heterocycles. The second-order valence-electron chi connectivity index (χ2n) is 6.80. The third-order valence-corrected chi connectivity index (χ3v) is 6.22. The van der Waals surface area contributed by atoms with E-state index in [2.05, 4.69) is 5.32 Å². The van der Waals surface area contributed by atoms with Gasteiger partial charge < -0.3 is 19.9 Å². The number of amides is 3. The van der Waals surface area contributed by atoms with Crippen LogP contribution in [0.3, 0.4) is 0 Å². The van der Waals surface area contributed by atoms with E-state index in [-0.39, 0.29) is 13.2 Å². The number of nitrogens with zero attached hydrogens (tertiary/aromatic N) is 2. The van der Waals surface area contributed by atoms with Crippen LogP contribution >= 0.6 is 11.3 Å². The predicted molar refractivity (Wildman–Crippen MR) is 104 cm³/mol. The number of fused-ring (bicyclic) bond motifs is 1. The summed E-state index contributed by atoms with van der Waals surface area (Å²) in [6.07, 6.45) is 3.74. The molecule has 0 bridgehead atoms. The zero-order valence-corrected chi connectivity index (χ0v) is 17.0. The van der Waals surface area contributed by atoms with Crippen LogP contribution in [0.1, 0.15) is 47.5 Å². The van der Waals surface area contributed by atoms with E-state index in [1.807, 2.05) is 6.92 Å². The number of aryl methyl sites for hydroxylation is 1.